The minimum absolute atomic E-state index is 0.191. The van der Waals surface area contributed by atoms with E-state index in [1.165, 1.54) is 12.1 Å². The fourth-order valence-corrected chi connectivity index (χ4v) is 3.31. The van der Waals surface area contributed by atoms with Crippen molar-refractivity contribution in [2.75, 3.05) is 50.0 Å². The van der Waals surface area contributed by atoms with Gasteiger partial charge in [-0.1, -0.05) is 23.7 Å². The highest BCUT2D eigenvalue weighted by Crippen LogP contribution is 2.29. The number of amides is 3. The van der Waals surface area contributed by atoms with E-state index in [-0.39, 0.29) is 24.8 Å². The van der Waals surface area contributed by atoms with Crippen LogP contribution in [0, 0.1) is 5.82 Å². The fourth-order valence-electron chi connectivity index (χ4n) is 3.13. The van der Waals surface area contributed by atoms with E-state index in [9.17, 15) is 14.0 Å². The van der Waals surface area contributed by atoms with Crippen LogP contribution in [0.25, 0.3) is 0 Å². The maximum absolute atomic E-state index is 12.9. The maximum Gasteiger partial charge on any atom is 0.315 e. The van der Waals surface area contributed by atoms with Crippen molar-refractivity contribution < 1.29 is 14.0 Å². The van der Waals surface area contributed by atoms with E-state index in [4.69, 9.17) is 11.6 Å². The number of nitrogens with zero attached hydrogens (tertiary/aromatic N) is 2. The van der Waals surface area contributed by atoms with E-state index in [0.717, 1.165) is 37.4 Å². The molecule has 9 heteroatoms. The molecule has 2 aromatic carbocycles. The third-order valence-electron chi connectivity index (χ3n) is 4.85. The van der Waals surface area contributed by atoms with E-state index in [0.29, 0.717) is 10.7 Å². The Bertz CT molecular complexity index is 885. The van der Waals surface area contributed by atoms with Gasteiger partial charge in [-0.3, -0.25) is 4.79 Å². The van der Waals surface area contributed by atoms with Gasteiger partial charge in [-0.15, -0.1) is 0 Å². The first-order chi connectivity index (χ1) is 14.4. The second-order valence-corrected chi connectivity index (χ2v) is 7.60. The van der Waals surface area contributed by atoms with E-state index >= 15 is 0 Å². The number of anilines is 2. The Kier molecular flexibility index (Phi) is 7.48. The Labute approximate surface area is 180 Å². The second-order valence-electron chi connectivity index (χ2n) is 7.16. The average Bonchev–Trinajstić information content (AvgIpc) is 2.73. The van der Waals surface area contributed by atoms with Crippen molar-refractivity contribution in [3.8, 4) is 0 Å². The highest BCUT2D eigenvalue weighted by Gasteiger charge is 2.18. The van der Waals surface area contributed by atoms with Gasteiger partial charge in [-0.25, -0.2) is 9.18 Å². The lowest BCUT2D eigenvalue weighted by Crippen LogP contribution is -2.45. The lowest BCUT2D eigenvalue weighted by molar-refractivity contribution is -0.115. The van der Waals surface area contributed by atoms with Crippen molar-refractivity contribution in [2.24, 2.45) is 0 Å². The molecule has 3 N–H and O–H groups in total. The minimum Gasteiger partial charge on any atom is -0.367 e. The summed E-state index contributed by atoms with van der Waals surface area (Å²) < 4.78 is 12.9. The largest absolute Gasteiger partial charge is 0.367 e. The summed E-state index contributed by atoms with van der Waals surface area (Å²) in [6.45, 7) is 3.62. The Morgan fingerprint density at radius 3 is 2.43 bits per heavy atom. The number of hydrogen-bond acceptors (Lipinski definition) is 4. The van der Waals surface area contributed by atoms with Crippen LogP contribution in [0.15, 0.2) is 42.5 Å². The monoisotopic (exact) mass is 433 g/mol. The van der Waals surface area contributed by atoms with Crippen LogP contribution in [-0.2, 0) is 11.3 Å². The van der Waals surface area contributed by atoms with Gasteiger partial charge in [0, 0.05) is 37.7 Å². The molecule has 1 heterocycles. The summed E-state index contributed by atoms with van der Waals surface area (Å²) in [4.78, 5) is 28.7. The van der Waals surface area contributed by atoms with E-state index in [1.807, 2.05) is 6.07 Å². The lowest BCUT2D eigenvalue weighted by atomic mass is 10.2. The van der Waals surface area contributed by atoms with Gasteiger partial charge < -0.3 is 25.8 Å². The molecule has 3 rings (SSSR count). The van der Waals surface area contributed by atoms with Gasteiger partial charge in [0.2, 0.25) is 5.91 Å². The molecule has 3 amide bonds. The predicted octanol–water partition coefficient (Wildman–Crippen LogP) is 2.67. The quantitative estimate of drug-likeness (QED) is 0.654. The molecule has 0 aliphatic carbocycles. The number of benzene rings is 2. The van der Waals surface area contributed by atoms with E-state index < -0.39 is 6.03 Å². The summed E-state index contributed by atoms with van der Waals surface area (Å²) in [6, 6.07) is 10.7. The lowest BCUT2D eigenvalue weighted by Gasteiger charge is -2.35. The zero-order valence-electron chi connectivity index (χ0n) is 16.8. The van der Waals surface area contributed by atoms with Crippen molar-refractivity contribution in [1.29, 1.82) is 0 Å². The standard InChI is InChI=1S/C21H25ClFN5O2/c1-27-8-10-28(11-9-27)19-7-4-16(22)12-18(19)26-20(29)14-25-21(30)24-13-15-2-5-17(23)6-3-15/h2-7,12H,8-11,13-14H2,1H3,(H,26,29)(H2,24,25,30). The van der Waals surface area contributed by atoms with Gasteiger partial charge in [-0.05, 0) is 42.9 Å². The molecule has 30 heavy (non-hydrogen) atoms. The summed E-state index contributed by atoms with van der Waals surface area (Å²) in [5.74, 6) is -0.693. The molecule has 0 spiro atoms. The number of nitrogens with one attached hydrogen (secondary N) is 3. The number of carbonyl (C=O) groups excluding carboxylic acids is 2. The first-order valence-corrected chi connectivity index (χ1v) is 10.1. The summed E-state index contributed by atoms with van der Waals surface area (Å²) in [7, 11) is 2.08. The second kappa shape index (κ2) is 10.3. The van der Waals surface area contributed by atoms with Gasteiger partial charge in [0.25, 0.3) is 0 Å². The Morgan fingerprint density at radius 1 is 1.03 bits per heavy atom. The van der Waals surface area contributed by atoms with Gasteiger partial charge >= 0.3 is 6.03 Å². The number of halogens is 2. The van der Waals surface area contributed by atoms with Crippen LogP contribution in [0.5, 0.6) is 0 Å². The first-order valence-electron chi connectivity index (χ1n) is 9.70. The molecule has 0 atom stereocenters. The number of urea groups is 1. The predicted molar refractivity (Wildman–Crippen MR) is 116 cm³/mol. The SMILES string of the molecule is CN1CCN(c2ccc(Cl)cc2NC(=O)CNC(=O)NCc2ccc(F)cc2)CC1. The Balaban J connectivity index is 1.51. The molecule has 1 aliphatic rings. The summed E-state index contributed by atoms with van der Waals surface area (Å²) in [5, 5.41) is 8.50. The van der Waals surface area contributed by atoms with Crippen LogP contribution in [0.4, 0.5) is 20.6 Å². The van der Waals surface area contributed by atoms with Crippen LogP contribution in [0.2, 0.25) is 5.02 Å². The first kappa shape index (κ1) is 21.9. The fraction of sp³-hybridized carbons (Fsp3) is 0.333. The van der Waals surface area contributed by atoms with Crippen LogP contribution in [0.3, 0.4) is 0 Å². The van der Waals surface area contributed by atoms with Crippen molar-refractivity contribution >= 4 is 34.9 Å². The third-order valence-corrected chi connectivity index (χ3v) is 5.09. The van der Waals surface area contributed by atoms with Crippen LogP contribution in [0.1, 0.15) is 5.56 Å². The zero-order chi connectivity index (χ0) is 21.5. The molecule has 1 saturated heterocycles. The number of piperazine rings is 1. The average molecular weight is 434 g/mol. The molecule has 0 unspecified atom stereocenters. The zero-order valence-corrected chi connectivity index (χ0v) is 17.5. The molecular weight excluding hydrogens is 409 g/mol. The summed E-state index contributed by atoms with van der Waals surface area (Å²) in [5.41, 5.74) is 2.28. The molecule has 1 fully saturated rings. The molecular formula is C21H25ClFN5O2. The molecule has 0 aromatic heterocycles. The van der Waals surface area contributed by atoms with Crippen molar-refractivity contribution in [3.05, 3.63) is 58.9 Å². The van der Waals surface area contributed by atoms with Crippen LogP contribution < -0.4 is 20.9 Å². The number of carbonyl (C=O) groups is 2. The van der Waals surface area contributed by atoms with Crippen LogP contribution in [-0.4, -0.2) is 56.6 Å². The van der Waals surface area contributed by atoms with Gasteiger partial charge in [0.05, 0.1) is 17.9 Å². The Hall–Kier alpha value is -2.84. The number of hydrogen-bond donors (Lipinski definition) is 3. The highest BCUT2D eigenvalue weighted by atomic mass is 35.5. The maximum atomic E-state index is 12.9. The van der Waals surface area contributed by atoms with Crippen molar-refractivity contribution in [2.45, 2.75) is 6.54 Å². The summed E-state index contributed by atoms with van der Waals surface area (Å²) in [6.07, 6.45) is 0. The molecule has 2 aromatic rings. The van der Waals surface area contributed by atoms with Crippen molar-refractivity contribution in [1.82, 2.24) is 15.5 Å². The van der Waals surface area contributed by atoms with E-state index in [2.05, 4.69) is 32.8 Å². The molecule has 0 bridgehead atoms. The smallest absolute Gasteiger partial charge is 0.315 e. The highest BCUT2D eigenvalue weighted by molar-refractivity contribution is 6.31. The number of likely N-dealkylation sites (N-methyl/N-ethyl adjacent to an activating group) is 1. The van der Waals surface area contributed by atoms with Crippen molar-refractivity contribution in [3.63, 3.8) is 0 Å². The van der Waals surface area contributed by atoms with Gasteiger partial charge in [0.15, 0.2) is 0 Å². The molecule has 1 aliphatic heterocycles. The van der Waals surface area contributed by atoms with Crippen LogP contribution >= 0.6 is 11.6 Å². The van der Waals surface area contributed by atoms with Gasteiger partial charge in [0.1, 0.15) is 5.82 Å². The Morgan fingerprint density at radius 2 is 1.73 bits per heavy atom. The minimum atomic E-state index is -0.486. The normalized spacial score (nSPS) is 14.3. The number of rotatable bonds is 6. The third kappa shape index (κ3) is 6.33. The topological polar surface area (TPSA) is 76.7 Å². The molecule has 160 valence electrons. The van der Waals surface area contributed by atoms with Gasteiger partial charge in [-0.2, -0.15) is 0 Å². The molecule has 0 radical (unpaired) electrons. The molecule has 7 nitrogen and oxygen atoms in total. The molecule has 0 saturated carbocycles. The van der Waals surface area contributed by atoms with E-state index in [1.54, 1.807) is 24.3 Å². The summed E-state index contributed by atoms with van der Waals surface area (Å²) >= 11 is 6.12.